The number of carbonyl (C=O) groups is 1. The fourth-order valence-corrected chi connectivity index (χ4v) is 16.8. The highest BCUT2D eigenvalue weighted by atomic mass is 35.5. The van der Waals surface area contributed by atoms with Crippen molar-refractivity contribution in [3.63, 3.8) is 0 Å². The number of hydrogen-bond donors (Lipinski definition) is 6. The number of alkyl halides is 3. The average molecular weight is 1260 g/mol. The molecule has 7 aliphatic rings. The molecule has 1 amide bonds. The van der Waals surface area contributed by atoms with Gasteiger partial charge in [0.25, 0.3) is 0 Å². The molecule has 1 aromatic rings. The Hall–Kier alpha value is -3.64. The lowest BCUT2D eigenvalue weighted by atomic mass is 9.74. The van der Waals surface area contributed by atoms with E-state index in [1.807, 2.05) is 18.5 Å². The quantitative estimate of drug-likeness (QED) is 0.134. The molecule has 8 rings (SSSR count). The number of allylic oxidation sites excluding steroid dienone is 4. The fourth-order valence-electron chi connectivity index (χ4n) is 16.4. The number of benzene rings is 1. The van der Waals surface area contributed by atoms with Gasteiger partial charge >= 0.3 is 6.18 Å². The molecule has 6 fully saturated rings. The molecule has 3 saturated carbocycles. The van der Waals surface area contributed by atoms with Crippen LogP contribution in [0.1, 0.15) is 202 Å². The maximum absolute atomic E-state index is 14.8. The largest absolute Gasteiger partial charge is 0.417 e. The van der Waals surface area contributed by atoms with Crippen molar-refractivity contribution in [2.45, 2.75) is 263 Å². The molecular formula is C72H120ClF3N12O. The van der Waals surface area contributed by atoms with Crippen LogP contribution in [0.5, 0.6) is 0 Å². The summed E-state index contributed by atoms with van der Waals surface area (Å²) in [6, 6.07) is 6.17. The number of aryl methyl sites for hydroxylation is 1. The summed E-state index contributed by atoms with van der Waals surface area (Å²) in [5.74, 6) is 2.46. The number of hydrogen-bond acceptors (Lipinski definition) is 12. The van der Waals surface area contributed by atoms with E-state index in [0.29, 0.717) is 67.1 Å². The monoisotopic (exact) mass is 1260 g/mol. The van der Waals surface area contributed by atoms with E-state index in [0.717, 1.165) is 115 Å². The van der Waals surface area contributed by atoms with Crippen LogP contribution in [0.3, 0.4) is 0 Å². The van der Waals surface area contributed by atoms with Crippen LogP contribution in [0.25, 0.3) is 0 Å². The van der Waals surface area contributed by atoms with Crippen molar-refractivity contribution in [2.24, 2.45) is 34.6 Å². The molecule has 0 radical (unpaired) electrons. The van der Waals surface area contributed by atoms with Gasteiger partial charge in [0.1, 0.15) is 0 Å². The zero-order chi connectivity index (χ0) is 63.8. The molecule has 17 heteroatoms. The van der Waals surface area contributed by atoms with Crippen molar-refractivity contribution < 1.29 is 18.0 Å². The summed E-state index contributed by atoms with van der Waals surface area (Å²) >= 11 is 6.21. The topological polar surface area (TPSA) is 118 Å². The number of carbonyl (C=O) groups excluding carboxylic acids is 1. The lowest BCUT2D eigenvalue weighted by Crippen LogP contribution is -2.76. The Bertz CT molecular complexity index is 2500. The number of rotatable bonds is 10. The molecular weight excluding hydrogens is 1140 g/mol. The van der Waals surface area contributed by atoms with Crippen LogP contribution >= 0.6 is 11.6 Å². The number of fused-ring (bicyclic) bond motifs is 2. The highest BCUT2D eigenvalue weighted by Crippen LogP contribution is 2.42. The maximum Gasteiger partial charge on any atom is 0.417 e. The van der Waals surface area contributed by atoms with Crippen molar-refractivity contribution in [3.8, 4) is 0 Å². The van der Waals surface area contributed by atoms with Gasteiger partial charge in [-0.25, -0.2) is 0 Å². The molecule has 4 heterocycles. The first kappa shape index (κ1) is 71.2. The van der Waals surface area contributed by atoms with Crippen LogP contribution in [-0.2, 0) is 17.4 Å². The number of piperidine rings is 1. The molecule has 1 spiro atoms. The SMILES string of the molecule is CC[C@H](C)[C@H]1CN[C@@H](C2CCC2)C(C)NCC2[C@@H](C(=O)N3CCCCC3)C(C)N2[C@@H](C(C)C)C(C)NC2(CCCC2)CNCCN=CC=C(CCc2ccc(C(F)(F)F)c(Cl)c2)NC=CN(C)C=C(CC2CCCCC2)N(C)C=C2CCCN2[C@@H](C)C(C)N1. The van der Waals surface area contributed by atoms with Gasteiger partial charge in [-0.15, -0.1) is 0 Å². The summed E-state index contributed by atoms with van der Waals surface area (Å²) in [6.45, 7) is 28.2. The third-order valence-electron chi connectivity index (χ3n) is 22.3. The van der Waals surface area contributed by atoms with Crippen LogP contribution < -0.4 is 31.9 Å². The Kier molecular flexibility index (Phi) is 27.2. The lowest BCUT2D eigenvalue weighted by Gasteiger charge is -2.60. The Labute approximate surface area is 542 Å². The maximum atomic E-state index is 14.8. The van der Waals surface area contributed by atoms with Crippen LogP contribution in [0.4, 0.5) is 13.2 Å². The molecule has 5 unspecified atom stereocenters. The zero-order valence-electron chi connectivity index (χ0n) is 56.9. The summed E-state index contributed by atoms with van der Waals surface area (Å²) in [5, 5.41) is 24.1. The van der Waals surface area contributed by atoms with Gasteiger partial charge in [-0.05, 0) is 159 Å². The molecule has 0 bridgehead atoms. The van der Waals surface area contributed by atoms with E-state index in [1.54, 1.807) is 0 Å². The third-order valence-corrected chi connectivity index (χ3v) is 22.6. The number of aliphatic imine (C=N–C) groups is 1. The van der Waals surface area contributed by atoms with Crippen LogP contribution in [0.2, 0.25) is 5.02 Å². The van der Waals surface area contributed by atoms with Gasteiger partial charge in [0.05, 0.1) is 23.0 Å². The van der Waals surface area contributed by atoms with Crippen molar-refractivity contribution in [1.29, 1.82) is 0 Å². The molecule has 6 N–H and O–H groups in total. The number of likely N-dealkylation sites (tertiary alicyclic amines) is 1. The Morgan fingerprint density at radius 3 is 2.22 bits per heavy atom. The number of halogens is 4. The minimum atomic E-state index is -4.51. The Balaban J connectivity index is 1.08. The second kappa shape index (κ2) is 34.0. The standard InChI is InChI=1S/C72H120ClF3N12O/c1-12-51(4)65-45-81-68(59-25-21-26-59)53(6)80-46-66-67(70(89)86-39-19-14-20-40-86)56(9)88(66)69(50(2)3)54(7)83-71(33-17-18-34-71)49-78-37-36-77-35-32-60(30-28-58-29-31-63(64(73)44-58)72(74,75)76)79-38-42-84(10)47-62(43-57-23-15-13-16-24-57)85(11)48-61-27-22-41-87(61)55(8)52(5)82-65/h29,31-32,35,38,42,44,47-48,50-57,59,65-69,78-83H,12-28,30,33-34,36-37,39-41,43,45-46,49H2,1-11H3/t51-,52?,53?,54?,55-,56?,65+,66?,67-,68+,69-/m0/s1. The van der Waals surface area contributed by atoms with E-state index in [-0.39, 0.29) is 52.7 Å². The Morgan fingerprint density at radius 1 is 0.820 bits per heavy atom. The molecule has 3 saturated heterocycles. The number of amides is 1. The van der Waals surface area contributed by atoms with Gasteiger partial charge in [-0.3, -0.25) is 14.7 Å². The van der Waals surface area contributed by atoms with Crippen LogP contribution in [-0.4, -0.2) is 163 Å². The van der Waals surface area contributed by atoms with Gasteiger partial charge in [0.2, 0.25) is 5.91 Å². The first-order valence-corrected chi connectivity index (χ1v) is 35.9. The van der Waals surface area contributed by atoms with E-state index in [9.17, 15) is 18.0 Å². The van der Waals surface area contributed by atoms with Gasteiger partial charge in [-0.2, -0.15) is 13.2 Å². The first-order chi connectivity index (χ1) is 42.7. The van der Waals surface area contributed by atoms with Crippen molar-refractivity contribution in [2.75, 3.05) is 66.5 Å². The van der Waals surface area contributed by atoms with E-state index < -0.39 is 11.7 Å². The molecule has 1 aromatic carbocycles. The molecule has 0 aromatic heterocycles. The summed E-state index contributed by atoms with van der Waals surface area (Å²) in [4.78, 5) is 31.9. The van der Waals surface area contributed by atoms with E-state index in [2.05, 4.69) is 151 Å². The number of nitrogens with one attached hydrogen (secondary N) is 6. The molecule has 13 nitrogen and oxygen atoms in total. The van der Waals surface area contributed by atoms with E-state index >= 15 is 0 Å². The predicted octanol–water partition coefficient (Wildman–Crippen LogP) is 13.1. The first-order valence-electron chi connectivity index (χ1n) is 35.5. The third kappa shape index (κ3) is 19.5. The predicted molar refractivity (Wildman–Crippen MR) is 364 cm³/mol. The smallest absolute Gasteiger partial charge is 0.369 e. The summed E-state index contributed by atoms with van der Waals surface area (Å²) in [5.41, 5.74) is 3.45. The Morgan fingerprint density at radius 2 is 1.55 bits per heavy atom. The average Bonchev–Trinajstić information content (AvgIpc) is 1.12. The van der Waals surface area contributed by atoms with Crippen LogP contribution in [0.15, 0.2) is 71.2 Å². The molecule has 89 heavy (non-hydrogen) atoms. The van der Waals surface area contributed by atoms with Gasteiger partial charge in [0.15, 0.2) is 0 Å². The van der Waals surface area contributed by atoms with Crippen molar-refractivity contribution in [3.05, 3.63) is 82.3 Å². The van der Waals surface area contributed by atoms with E-state index in [1.165, 1.54) is 94.2 Å². The summed E-state index contributed by atoms with van der Waals surface area (Å²) in [7, 11) is 4.33. The van der Waals surface area contributed by atoms with Gasteiger partial charge < -0.3 is 51.5 Å². The summed E-state index contributed by atoms with van der Waals surface area (Å²) < 4.78 is 41.0. The normalized spacial score (nSPS) is 31.0. The summed E-state index contributed by atoms with van der Waals surface area (Å²) in [6.07, 6.45) is 31.6. The second-order valence-electron chi connectivity index (χ2n) is 29.1. The molecule has 4 aliphatic heterocycles. The lowest BCUT2D eigenvalue weighted by molar-refractivity contribution is -0.162. The second-order valence-corrected chi connectivity index (χ2v) is 29.5. The number of nitrogens with zero attached hydrogens (tertiary/aromatic N) is 6. The fraction of sp³-hybridized carbons (Fsp3) is 0.778. The zero-order valence-corrected chi connectivity index (χ0v) is 57.6. The van der Waals surface area contributed by atoms with Crippen LogP contribution in [0, 0.1) is 29.6 Å². The highest BCUT2D eigenvalue weighted by Gasteiger charge is 2.55. The minimum absolute atomic E-state index is 0.0392. The van der Waals surface area contributed by atoms with Gasteiger partial charge in [-0.1, -0.05) is 103 Å². The molecule has 3 aliphatic carbocycles. The van der Waals surface area contributed by atoms with Crippen molar-refractivity contribution >= 4 is 23.7 Å². The highest BCUT2D eigenvalue weighted by molar-refractivity contribution is 6.31. The molecule has 502 valence electrons. The molecule has 11 atom stereocenters. The van der Waals surface area contributed by atoms with Gasteiger partial charge in [0, 0.05) is 168 Å². The minimum Gasteiger partial charge on any atom is -0.369 e. The van der Waals surface area contributed by atoms with E-state index in [4.69, 9.17) is 16.6 Å². The van der Waals surface area contributed by atoms with Crippen molar-refractivity contribution in [1.82, 2.24) is 56.4 Å².